The number of hydrogen-bond donors (Lipinski definition) is 1. The van der Waals surface area contributed by atoms with Gasteiger partial charge in [-0.3, -0.25) is 14.4 Å². The van der Waals surface area contributed by atoms with Gasteiger partial charge in [0.2, 0.25) is 5.91 Å². The summed E-state index contributed by atoms with van der Waals surface area (Å²) in [6, 6.07) is 7.74. The first-order valence-electron chi connectivity index (χ1n) is 12.5. The van der Waals surface area contributed by atoms with E-state index >= 15 is 0 Å². The first kappa shape index (κ1) is 25.9. The number of para-hydroxylation sites is 1. The Bertz CT molecular complexity index is 1150. The second-order valence-corrected chi connectivity index (χ2v) is 10.2. The van der Waals surface area contributed by atoms with Gasteiger partial charge < -0.3 is 19.7 Å². The molecule has 0 bridgehead atoms. The van der Waals surface area contributed by atoms with Crippen molar-refractivity contribution in [3.63, 3.8) is 0 Å². The number of thiophene rings is 1. The molecule has 0 unspecified atom stereocenters. The van der Waals surface area contributed by atoms with Gasteiger partial charge >= 0.3 is 11.9 Å². The van der Waals surface area contributed by atoms with Crippen LogP contribution in [-0.4, -0.2) is 43.5 Å². The van der Waals surface area contributed by atoms with Gasteiger partial charge in [-0.1, -0.05) is 32.0 Å². The summed E-state index contributed by atoms with van der Waals surface area (Å²) in [5.74, 6) is -1.77. The van der Waals surface area contributed by atoms with E-state index in [0.717, 1.165) is 36.1 Å². The molecule has 2 fully saturated rings. The van der Waals surface area contributed by atoms with Gasteiger partial charge in [0.05, 0.1) is 18.1 Å². The monoisotopic (exact) mass is 512 g/mol. The first-order chi connectivity index (χ1) is 17.3. The summed E-state index contributed by atoms with van der Waals surface area (Å²) >= 11 is 1.27. The normalized spacial score (nSPS) is 18.1. The molecule has 36 heavy (non-hydrogen) atoms. The van der Waals surface area contributed by atoms with E-state index in [1.807, 2.05) is 29.6 Å². The number of carbonyl (C=O) groups is 4. The Balaban J connectivity index is 1.36. The van der Waals surface area contributed by atoms with Gasteiger partial charge in [0.25, 0.3) is 5.91 Å². The van der Waals surface area contributed by atoms with Crippen LogP contribution in [0.1, 0.15) is 79.8 Å². The van der Waals surface area contributed by atoms with Crippen LogP contribution in [0.5, 0.6) is 0 Å². The number of amides is 2. The summed E-state index contributed by atoms with van der Waals surface area (Å²) in [5, 5.41) is 4.97. The summed E-state index contributed by atoms with van der Waals surface area (Å²) in [4.78, 5) is 52.1. The van der Waals surface area contributed by atoms with Gasteiger partial charge in [-0.05, 0) is 60.6 Å². The molecule has 2 aromatic rings. The number of ether oxygens (including phenoxy) is 2. The van der Waals surface area contributed by atoms with E-state index in [-0.39, 0.29) is 31.4 Å². The molecular formula is C27H32N2O6S. The molecule has 2 heterocycles. The Morgan fingerprint density at radius 2 is 1.92 bits per heavy atom. The molecule has 9 heteroatoms. The van der Waals surface area contributed by atoms with Gasteiger partial charge in [-0.2, -0.15) is 0 Å². The number of nitrogens with one attached hydrogen (secondary N) is 1. The van der Waals surface area contributed by atoms with E-state index < -0.39 is 30.4 Å². The van der Waals surface area contributed by atoms with Crippen molar-refractivity contribution in [2.75, 3.05) is 30.0 Å². The number of benzene rings is 1. The maximum absolute atomic E-state index is 12.7. The molecule has 2 amide bonds. The van der Waals surface area contributed by atoms with Gasteiger partial charge in [-0.25, -0.2) is 4.79 Å². The van der Waals surface area contributed by atoms with Crippen LogP contribution in [0, 0.1) is 5.92 Å². The largest absolute Gasteiger partial charge is 0.462 e. The molecule has 2 atom stereocenters. The second-order valence-electron chi connectivity index (χ2n) is 9.32. The van der Waals surface area contributed by atoms with Crippen LogP contribution in [0.3, 0.4) is 0 Å². The van der Waals surface area contributed by atoms with Crippen molar-refractivity contribution in [2.45, 2.75) is 58.3 Å². The minimum absolute atomic E-state index is 0.0397. The summed E-state index contributed by atoms with van der Waals surface area (Å²) in [7, 11) is 0. The fraction of sp³-hybridized carbons (Fsp3) is 0.481. The lowest BCUT2D eigenvalue weighted by molar-refractivity contribution is -0.151. The van der Waals surface area contributed by atoms with Crippen molar-refractivity contribution in [1.29, 1.82) is 0 Å². The minimum atomic E-state index is -0.645. The van der Waals surface area contributed by atoms with Gasteiger partial charge in [0.1, 0.15) is 5.00 Å². The highest BCUT2D eigenvalue weighted by atomic mass is 32.1. The Morgan fingerprint density at radius 3 is 2.61 bits per heavy atom. The molecule has 0 radical (unpaired) electrons. The van der Waals surface area contributed by atoms with Gasteiger partial charge in [0, 0.05) is 18.7 Å². The number of esters is 2. The SMILES string of the molecule is CCOC(=O)c1c(C2CC2)csc1NC(=O)COC(=O)[C@H]1CC(=O)N(c2ccccc2[C@@H](C)CC)C1. The summed E-state index contributed by atoms with van der Waals surface area (Å²) in [5.41, 5.74) is 3.18. The highest BCUT2D eigenvalue weighted by molar-refractivity contribution is 7.15. The topological polar surface area (TPSA) is 102 Å². The second kappa shape index (κ2) is 11.2. The van der Waals surface area contributed by atoms with Crippen LogP contribution >= 0.6 is 11.3 Å². The third-order valence-electron chi connectivity index (χ3n) is 6.74. The Morgan fingerprint density at radius 1 is 1.17 bits per heavy atom. The van der Waals surface area contributed by atoms with Crippen LogP contribution in [0.15, 0.2) is 29.6 Å². The first-order valence-corrected chi connectivity index (χ1v) is 13.4. The predicted molar refractivity (Wildman–Crippen MR) is 137 cm³/mol. The molecule has 1 saturated carbocycles. The van der Waals surface area contributed by atoms with E-state index in [1.165, 1.54) is 11.3 Å². The maximum Gasteiger partial charge on any atom is 0.341 e. The van der Waals surface area contributed by atoms with Gasteiger partial charge in [-0.15, -0.1) is 11.3 Å². The lowest BCUT2D eigenvalue weighted by Crippen LogP contribution is -2.29. The third kappa shape index (κ3) is 5.61. The number of rotatable bonds is 10. The van der Waals surface area contributed by atoms with Crippen LogP contribution < -0.4 is 10.2 Å². The van der Waals surface area contributed by atoms with E-state index in [1.54, 1.807) is 11.8 Å². The highest BCUT2D eigenvalue weighted by Crippen LogP contribution is 2.46. The molecule has 4 rings (SSSR count). The Labute approximate surface area is 215 Å². The van der Waals surface area contributed by atoms with Crippen LogP contribution in [-0.2, 0) is 23.9 Å². The zero-order valence-electron chi connectivity index (χ0n) is 20.9. The lowest BCUT2D eigenvalue weighted by atomic mass is 9.96. The average molecular weight is 513 g/mol. The average Bonchev–Trinajstić information content (AvgIpc) is 3.52. The van der Waals surface area contributed by atoms with Crippen molar-refractivity contribution < 1.29 is 28.7 Å². The molecule has 1 saturated heterocycles. The summed E-state index contributed by atoms with van der Waals surface area (Å²) in [6.07, 6.45) is 2.99. The van der Waals surface area contributed by atoms with E-state index in [0.29, 0.717) is 16.5 Å². The van der Waals surface area contributed by atoms with Crippen LogP contribution in [0.2, 0.25) is 0 Å². The van der Waals surface area contributed by atoms with Crippen molar-refractivity contribution in [3.05, 3.63) is 46.3 Å². The Kier molecular flexibility index (Phi) is 8.08. The minimum Gasteiger partial charge on any atom is -0.462 e. The van der Waals surface area contributed by atoms with E-state index in [2.05, 4.69) is 19.2 Å². The highest BCUT2D eigenvalue weighted by Gasteiger charge is 2.37. The van der Waals surface area contributed by atoms with E-state index in [4.69, 9.17) is 9.47 Å². The fourth-order valence-electron chi connectivity index (χ4n) is 4.46. The van der Waals surface area contributed by atoms with Gasteiger partial charge in [0.15, 0.2) is 6.61 Å². The Hall–Kier alpha value is -3.20. The molecule has 192 valence electrons. The molecule has 1 aliphatic carbocycles. The molecule has 1 aromatic carbocycles. The smallest absolute Gasteiger partial charge is 0.341 e. The molecule has 1 aliphatic heterocycles. The fourth-order valence-corrected chi connectivity index (χ4v) is 5.50. The quantitative estimate of drug-likeness (QED) is 0.457. The van der Waals surface area contributed by atoms with Crippen LogP contribution in [0.25, 0.3) is 0 Å². The molecule has 1 N–H and O–H groups in total. The molecule has 2 aliphatic rings. The number of hydrogen-bond acceptors (Lipinski definition) is 7. The molecule has 1 aromatic heterocycles. The molecule has 0 spiro atoms. The molecular weight excluding hydrogens is 480 g/mol. The van der Waals surface area contributed by atoms with Crippen molar-refractivity contribution >= 4 is 45.8 Å². The van der Waals surface area contributed by atoms with E-state index in [9.17, 15) is 19.2 Å². The number of carbonyl (C=O) groups excluding carboxylic acids is 4. The summed E-state index contributed by atoms with van der Waals surface area (Å²) < 4.78 is 10.4. The summed E-state index contributed by atoms with van der Waals surface area (Å²) in [6.45, 7) is 5.90. The standard InChI is InChI=1S/C27H32N2O6S/c1-4-16(3)19-8-6-7-9-21(19)29-13-18(12-23(29)31)26(32)35-14-22(30)28-25-24(27(33)34-5-2)20(15-36-25)17-10-11-17/h6-9,15-18H,4-5,10-14H2,1-3H3,(H,28,30)/t16-,18-/m0/s1. The number of anilines is 2. The predicted octanol–water partition coefficient (Wildman–Crippen LogP) is 4.85. The maximum atomic E-state index is 12.7. The molecule has 8 nitrogen and oxygen atoms in total. The van der Waals surface area contributed by atoms with Crippen molar-refractivity contribution in [1.82, 2.24) is 0 Å². The van der Waals surface area contributed by atoms with Crippen molar-refractivity contribution in [2.24, 2.45) is 5.92 Å². The van der Waals surface area contributed by atoms with Crippen molar-refractivity contribution in [3.8, 4) is 0 Å². The zero-order valence-corrected chi connectivity index (χ0v) is 21.7. The third-order valence-corrected chi connectivity index (χ3v) is 7.66. The number of nitrogens with zero attached hydrogens (tertiary/aromatic N) is 1. The van der Waals surface area contributed by atoms with Crippen LogP contribution in [0.4, 0.5) is 10.7 Å². The zero-order chi connectivity index (χ0) is 25.8. The lowest BCUT2D eigenvalue weighted by Gasteiger charge is -2.23.